The molecule has 126 valence electrons. The van der Waals surface area contributed by atoms with Crippen molar-refractivity contribution in [2.75, 3.05) is 5.32 Å². The highest BCUT2D eigenvalue weighted by atomic mass is 35.5. The van der Waals surface area contributed by atoms with Gasteiger partial charge in [-0.05, 0) is 31.7 Å². The van der Waals surface area contributed by atoms with E-state index in [-0.39, 0.29) is 0 Å². The van der Waals surface area contributed by atoms with Crippen LogP contribution in [0.2, 0.25) is 9.36 Å². The summed E-state index contributed by atoms with van der Waals surface area (Å²) >= 11 is 13.9. The number of aryl methyl sites for hydroxylation is 2. The standard InChI is InChI=1S/C17H23Cl2N3S/c1-5-10(6-2)20-17-13(8-4)21-15(12(7-3)22-17)16-11(18)9-14(19)23-16/h9-10H,5-8H2,1-4H3,(H,20,22). The van der Waals surface area contributed by atoms with Crippen LogP contribution in [0, 0.1) is 0 Å². The Kier molecular flexibility index (Phi) is 6.69. The van der Waals surface area contributed by atoms with Crippen molar-refractivity contribution < 1.29 is 0 Å². The molecule has 0 bridgehead atoms. The molecule has 2 aromatic rings. The van der Waals surface area contributed by atoms with E-state index in [0.29, 0.717) is 15.4 Å². The van der Waals surface area contributed by atoms with Crippen LogP contribution in [0.1, 0.15) is 51.9 Å². The molecule has 0 aliphatic carbocycles. The lowest BCUT2D eigenvalue weighted by molar-refractivity contribution is 0.665. The van der Waals surface area contributed by atoms with Gasteiger partial charge in [-0.2, -0.15) is 0 Å². The van der Waals surface area contributed by atoms with Crippen molar-refractivity contribution in [2.24, 2.45) is 0 Å². The first-order chi connectivity index (χ1) is 11.0. The molecule has 0 saturated heterocycles. The van der Waals surface area contributed by atoms with Gasteiger partial charge in [-0.15, -0.1) is 11.3 Å². The molecular formula is C17H23Cl2N3S. The van der Waals surface area contributed by atoms with E-state index in [0.717, 1.165) is 53.5 Å². The number of hydrogen-bond acceptors (Lipinski definition) is 4. The van der Waals surface area contributed by atoms with Gasteiger partial charge in [0.2, 0.25) is 0 Å². The van der Waals surface area contributed by atoms with E-state index in [9.17, 15) is 0 Å². The van der Waals surface area contributed by atoms with Crippen molar-refractivity contribution >= 4 is 40.4 Å². The van der Waals surface area contributed by atoms with Crippen LogP contribution in [0.25, 0.3) is 10.6 Å². The summed E-state index contributed by atoms with van der Waals surface area (Å²) in [6, 6.07) is 2.19. The number of aromatic nitrogens is 2. The molecule has 0 radical (unpaired) electrons. The lowest BCUT2D eigenvalue weighted by atomic mass is 10.1. The highest BCUT2D eigenvalue weighted by Crippen LogP contribution is 2.39. The summed E-state index contributed by atoms with van der Waals surface area (Å²) in [6.07, 6.45) is 3.76. The van der Waals surface area contributed by atoms with E-state index in [1.165, 1.54) is 11.3 Å². The Balaban J connectivity index is 2.51. The van der Waals surface area contributed by atoms with E-state index in [1.807, 2.05) is 0 Å². The van der Waals surface area contributed by atoms with E-state index in [4.69, 9.17) is 33.2 Å². The van der Waals surface area contributed by atoms with Gasteiger partial charge in [-0.25, -0.2) is 9.97 Å². The molecule has 2 heterocycles. The summed E-state index contributed by atoms with van der Waals surface area (Å²) in [7, 11) is 0. The summed E-state index contributed by atoms with van der Waals surface area (Å²) < 4.78 is 0.672. The first-order valence-electron chi connectivity index (χ1n) is 8.15. The Morgan fingerprint density at radius 2 is 1.70 bits per heavy atom. The van der Waals surface area contributed by atoms with Gasteiger partial charge < -0.3 is 5.32 Å². The third-order valence-electron chi connectivity index (χ3n) is 3.91. The minimum atomic E-state index is 0.421. The highest BCUT2D eigenvalue weighted by Gasteiger charge is 2.19. The minimum absolute atomic E-state index is 0.421. The van der Waals surface area contributed by atoms with Crippen LogP contribution in [-0.2, 0) is 12.8 Å². The average Bonchev–Trinajstić information content (AvgIpc) is 2.90. The fourth-order valence-electron chi connectivity index (χ4n) is 2.48. The molecule has 1 N–H and O–H groups in total. The zero-order valence-electron chi connectivity index (χ0n) is 14.0. The third kappa shape index (κ3) is 4.17. The molecular weight excluding hydrogens is 349 g/mol. The molecule has 2 aromatic heterocycles. The zero-order chi connectivity index (χ0) is 17.0. The van der Waals surface area contributed by atoms with E-state index >= 15 is 0 Å². The summed E-state index contributed by atoms with van der Waals surface area (Å²) in [5, 5.41) is 4.19. The molecule has 0 atom stereocenters. The molecule has 0 fully saturated rings. The predicted molar refractivity (Wildman–Crippen MR) is 102 cm³/mol. The van der Waals surface area contributed by atoms with Gasteiger partial charge in [-0.1, -0.05) is 50.9 Å². The Morgan fingerprint density at radius 3 is 2.17 bits per heavy atom. The van der Waals surface area contributed by atoms with Gasteiger partial charge in [0.15, 0.2) is 0 Å². The summed E-state index contributed by atoms with van der Waals surface area (Å²) in [5.74, 6) is 0.903. The molecule has 0 saturated carbocycles. The van der Waals surface area contributed by atoms with Crippen LogP contribution in [-0.4, -0.2) is 16.0 Å². The third-order valence-corrected chi connectivity index (χ3v) is 5.59. The van der Waals surface area contributed by atoms with Crippen LogP contribution in [0.3, 0.4) is 0 Å². The monoisotopic (exact) mass is 371 g/mol. The molecule has 3 nitrogen and oxygen atoms in total. The summed E-state index contributed by atoms with van der Waals surface area (Å²) in [4.78, 5) is 10.6. The topological polar surface area (TPSA) is 37.8 Å². The fraction of sp³-hybridized carbons (Fsp3) is 0.529. The Bertz CT molecular complexity index is 666. The number of anilines is 1. The molecule has 0 amide bonds. The van der Waals surface area contributed by atoms with Crippen LogP contribution >= 0.6 is 34.5 Å². The van der Waals surface area contributed by atoms with Crippen LogP contribution in [0.15, 0.2) is 6.07 Å². The fourth-order valence-corrected chi connectivity index (χ4v) is 4.05. The summed E-state index contributed by atoms with van der Waals surface area (Å²) in [6.45, 7) is 8.55. The molecule has 0 spiro atoms. The normalized spacial score (nSPS) is 11.3. The molecule has 2 rings (SSSR count). The minimum Gasteiger partial charge on any atom is -0.366 e. The number of hydrogen-bond donors (Lipinski definition) is 1. The number of nitrogens with zero attached hydrogens (tertiary/aromatic N) is 2. The van der Waals surface area contributed by atoms with E-state index in [2.05, 4.69) is 33.0 Å². The van der Waals surface area contributed by atoms with Crippen LogP contribution in [0.5, 0.6) is 0 Å². The van der Waals surface area contributed by atoms with Crippen molar-refractivity contribution in [3.05, 3.63) is 26.8 Å². The Morgan fingerprint density at radius 1 is 1.04 bits per heavy atom. The van der Waals surface area contributed by atoms with Gasteiger partial charge in [0, 0.05) is 6.04 Å². The first-order valence-corrected chi connectivity index (χ1v) is 9.72. The molecule has 0 unspecified atom stereocenters. The second-order valence-corrected chi connectivity index (χ2v) is 7.50. The number of thiophene rings is 1. The lowest BCUT2D eigenvalue weighted by Gasteiger charge is -2.19. The zero-order valence-corrected chi connectivity index (χ0v) is 16.4. The van der Waals surface area contributed by atoms with Gasteiger partial charge >= 0.3 is 0 Å². The smallest absolute Gasteiger partial charge is 0.148 e. The molecule has 23 heavy (non-hydrogen) atoms. The molecule has 0 aliphatic heterocycles. The molecule has 0 aliphatic rings. The quantitative estimate of drug-likeness (QED) is 0.625. The van der Waals surface area contributed by atoms with Crippen LogP contribution in [0.4, 0.5) is 5.82 Å². The first kappa shape index (κ1) is 18.5. The molecule has 0 aromatic carbocycles. The van der Waals surface area contributed by atoms with E-state index in [1.54, 1.807) is 6.07 Å². The SMILES string of the molecule is CCc1nc(-c2sc(Cl)cc2Cl)c(CC)nc1NC(CC)CC. The number of rotatable bonds is 7. The maximum absolute atomic E-state index is 6.32. The summed E-state index contributed by atoms with van der Waals surface area (Å²) in [5.41, 5.74) is 2.79. The van der Waals surface area contributed by atoms with Gasteiger partial charge in [0.05, 0.1) is 25.6 Å². The average molecular weight is 372 g/mol. The lowest BCUT2D eigenvalue weighted by Crippen LogP contribution is -2.20. The van der Waals surface area contributed by atoms with Crippen molar-refractivity contribution in [1.29, 1.82) is 0 Å². The van der Waals surface area contributed by atoms with Crippen molar-refractivity contribution in [3.63, 3.8) is 0 Å². The van der Waals surface area contributed by atoms with E-state index < -0.39 is 0 Å². The maximum Gasteiger partial charge on any atom is 0.148 e. The van der Waals surface area contributed by atoms with Crippen LogP contribution < -0.4 is 5.32 Å². The Hall–Kier alpha value is -0.840. The second kappa shape index (κ2) is 8.32. The van der Waals surface area contributed by atoms with Crippen molar-refractivity contribution in [3.8, 4) is 10.6 Å². The number of nitrogens with one attached hydrogen (secondary N) is 1. The predicted octanol–water partition coefficient (Wildman–Crippen LogP) is 6.24. The van der Waals surface area contributed by atoms with Gasteiger partial charge in [0.25, 0.3) is 0 Å². The number of halogens is 2. The second-order valence-electron chi connectivity index (χ2n) is 5.41. The molecule has 6 heteroatoms. The van der Waals surface area contributed by atoms with Crippen molar-refractivity contribution in [1.82, 2.24) is 9.97 Å². The van der Waals surface area contributed by atoms with Crippen molar-refractivity contribution in [2.45, 2.75) is 59.4 Å². The van der Waals surface area contributed by atoms with Gasteiger partial charge in [0.1, 0.15) is 11.5 Å². The Labute approximate surface area is 152 Å². The highest BCUT2D eigenvalue weighted by molar-refractivity contribution is 7.20. The van der Waals surface area contributed by atoms with Gasteiger partial charge in [-0.3, -0.25) is 0 Å². The largest absolute Gasteiger partial charge is 0.366 e. The maximum atomic E-state index is 6.32.